The molecule has 40 valence electrons. The lowest BCUT2D eigenvalue weighted by molar-refractivity contribution is 1.08. The summed E-state index contributed by atoms with van der Waals surface area (Å²) >= 11 is 0. The SMILES string of the molecule is NCc1cc2cc-2c1. The molecule has 0 atom stereocenters. The Morgan fingerprint density at radius 3 is 2.12 bits per heavy atom. The molecule has 1 heteroatoms. The smallest absolute Gasteiger partial charge is 0.0178 e. The molecule has 0 aromatic heterocycles. The largest absolute Gasteiger partial charge is 0.326 e. The Hall–Kier alpha value is -0.820. The van der Waals surface area contributed by atoms with Crippen molar-refractivity contribution >= 4 is 0 Å². The third-order valence-electron chi connectivity index (χ3n) is 1.48. The van der Waals surface area contributed by atoms with Crippen LogP contribution in [0.15, 0.2) is 18.2 Å². The molecule has 0 saturated heterocycles. The Balaban J connectivity index is 2.45. The fourth-order valence-corrected chi connectivity index (χ4v) is 0.940. The highest BCUT2D eigenvalue weighted by molar-refractivity contribution is 5.82. The minimum atomic E-state index is 0.681. The first-order chi connectivity index (χ1) is 3.90. The predicted molar refractivity (Wildman–Crippen MR) is 33.3 cm³/mol. The molecule has 0 aromatic rings. The fraction of sp³-hybridized carbons (Fsp3) is 0.143. The molecule has 1 nitrogen and oxygen atoms in total. The van der Waals surface area contributed by atoms with Gasteiger partial charge in [0.1, 0.15) is 0 Å². The van der Waals surface area contributed by atoms with Gasteiger partial charge >= 0.3 is 0 Å². The standard InChI is InChI=1S/C7H7N/c8-4-5-1-6-3-7(6)2-5/h1-3H,4,8H2. The van der Waals surface area contributed by atoms with Crippen LogP contribution in [-0.4, -0.2) is 0 Å². The molecule has 0 amide bonds. The van der Waals surface area contributed by atoms with Crippen LogP contribution in [0, 0.1) is 0 Å². The van der Waals surface area contributed by atoms with Gasteiger partial charge in [-0.1, -0.05) is 0 Å². The van der Waals surface area contributed by atoms with Gasteiger partial charge in [0, 0.05) is 6.54 Å². The zero-order chi connectivity index (χ0) is 5.56. The van der Waals surface area contributed by atoms with Crippen LogP contribution in [0.25, 0.3) is 11.1 Å². The monoisotopic (exact) mass is 105 g/mol. The van der Waals surface area contributed by atoms with Crippen molar-refractivity contribution in [2.45, 2.75) is 6.54 Å². The average Bonchev–Trinajstić information content (AvgIpc) is 2.40. The van der Waals surface area contributed by atoms with Gasteiger partial charge in [-0.2, -0.15) is 0 Å². The number of rotatable bonds is 1. The predicted octanol–water partition coefficient (Wildman–Crippen LogP) is 1.13. The second-order valence-corrected chi connectivity index (χ2v) is 2.12. The van der Waals surface area contributed by atoms with Crippen molar-refractivity contribution < 1.29 is 0 Å². The Labute approximate surface area is 48.1 Å². The van der Waals surface area contributed by atoms with E-state index in [0.29, 0.717) is 6.54 Å². The lowest BCUT2D eigenvalue weighted by atomic mass is 10.3. The molecule has 0 spiro atoms. The van der Waals surface area contributed by atoms with Crippen LogP contribution in [0.1, 0.15) is 5.56 Å². The van der Waals surface area contributed by atoms with Crippen LogP contribution < -0.4 is 5.73 Å². The normalized spacial score (nSPS) is 11.6. The van der Waals surface area contributed by atoms with Crippen LogP contribution in [0.3, 0.4) is 0 Å². The van der Waals surface area contributed by atoms with Crippen LogP contribution in [0.2, 0.25) is 0 Å². The maximum Gasteiger partial charge on any atom is 0.0178 e. The number of benzene rings is 1. The van der Waals surface area contributed by atoms with Gasteiger partial charge in [0.25, 0.3) is 0 Å². The molecule has 2 rings (SSSR count). The molecule has 2 N–H and O–H groups in total. The Morgan fingerprint density at radius 2 is 1.75 bits per heavy atom. The van der Waals surface area contributed by atoms with Gasteiger partial charge in [-0.3, -0.25) is 0 Å². The van der Waals surface area contributed by atoms with Gasteiger partial charge in [-0.15, -0.1) is 0 Å². The summed E-state index contributed by atoms with van der Waals surface area (Å²) in [6.45, 7) is 0.681. The van der Waals surface area contributed by atoms with Crippen molar-refractivity contribution in [2.75, 3.05) is 0 Å². The van der Waals surface area contributed by atoms with E-state index >= 15 is 0 Å². The molecule has 2 aliphatic rings. The van der Waals surface area contributed by atoms with E-state index in [9.17, 15) is 0 Å². The zero-order valence-corrected chi connectivity index (χ0v) is 4.52. The van der Waals surface area contributed by atoms with Crippen LogP contribution in [0.4, 0.5) is 0 Å². The van der Waals surface area contributed by atoms with Crippen LogP contribution in [0.5, 0.6) is 0 Å². The second-order valence-electron chi connectivity index (χ2n) is 2.12. The molecular formula is C7H7N. The van der Waals surface area contributed by atoms with E-state index in [4.69, 9.17) is 5.73 Å². The lowest BCUT2D eigenvalue weighted by Crippen LogP contribution is -1.92. The quantitative estimate of drug-likeness (QED) is 0.578. The summed E-state index contributed by atoms with van der Waals surface area (Å²) in [5.41, 5.74) is 9.40. The van der Waals surface area contributed by atoms with Gasteiger partial charge in [0.05, 0.1) is 0 Å². The first-order valence-corrected chi connectivity index (χ1v) is 2.74. The lowest BCUT2D eigenvalue weighted by Gasteiger charge is -1.82. The highest BCUT2D eigenvalue weighted by Crippen LogP contribution is 2.35. The molecule has 2 aliphatic carbocycles. The third kappa shape index (κ3) is 0.393. The maximum absolute atomic E-state index is 5.38. The molecule has 0 saturated carbocycles. The van der Waals surface area contributed by atoms with Crippen molar-refractivity contribution in [1.29, 1.82) is 0 Å². The van der Waals surface area contributed by atoms with Gasteiger partial charge < -0.3 is 5.73 Å². The molecular weight excluding hydrogens is 98.1 g/mol. The van der Waals surface area contributed by atoms with Crippen molar-refractivity contribution in [1.82, 2.24) is 0 Å². The second kappa shape index (κ2) is 1.12. The van der Waals surface area contributed by atoms with Gasteiger partial charge in [0.2, 0.25) is 0 Å². The molecule has 0 heterocycles. The van der Waals surface area contributed by atoms with E-state index in [1.54, 1.807) is 0 Å². The molecule has 0 bridgehead atoms. The van der Waals surface area contributed by atoms with E-state index < -0.39 is 0 Å². The number of nitrogens with two attached hydrogens (primary N) is 1. The van der Waals surface area contributed by atoms with E-state index in [-0.39, 0.29) is 0 Å². The first-order valence-electron chi connectivity index (χ1n) is 2.74. The molecule has 0 aliphatic heterocycles. The third-order valence-corrected chi connectivity index (χ3v) is 1.48. The highest BCUT2D eigenvalue weighted by Gasteiger charge is 2.12. The van der Waals surface area contributed by atoms with Crippen molar-refractivity contribution in [3.05, 3.63) is 23.8 Å². The van der Waals surface area contributed by atoms with Crippen LogP contribution >= 0.6 is 0 Å². The molecule has 0 fully saturated rings. The molecule has 0 unspecified atom stereocenters. The number of hydrogen-bond acceptors (Lipinski definition) is 1. The highest BCUT2D eigenvalue weighted by atomic mass is 14.5. The van der Waals surface area contributed by atoms with Crippen molar-refractivity contribution in [3.8, 4) is 11.1 Å². The first kappa shape index (κ1) is 4.10. The molecule has 0 aromatic carbocycles. The van der Waals surface area contributed by atoms with E-state index in [2.05, 4.69) is 18.2 Å². The van der Waals surface area contributed by atoms with E-state index in [1.165, 1.54) is 16.7 Å². The van der Waals surface area contributed by atoms with E-state index in [0.717, 1.165) is 0 Å². The van der Waals surface area contributed by atoms with Crippen LogP contribution in [-0.2, 0) is 6.54 Å². The summed E-state index contributed by atoms with van der Waals surface area (Å²) in [4.78, 5) is 0. The fourth-order valence-electron chi connectivity index (χ4n) is 0.940. The number of hydrogen-bond donors (Lipinski definition) is 1. The maximum atomic E-state index is 5.38. The van der Waals surface area contributed by atoms with Gasteiger partial charge in [-0.05, 0) is 34.9 Å². The summed E-state index contributed by atoms with van der Waals surface area (Å²) in [6, 6.07) is 6.42. The Morgan fingerprint density at radius 1 is 1.12 bits per heavy atom. The summed E-state index contributed by atoms with van der Waals surface area (Å²) < 4.78 is 0. The molecule has 0 radical (unpaired) electrons. The molecule has 8 heavy (non-hydrogen) atoms. The van der Waals surface area contributed by atoms with Crippen molar-refractivity contribution in [3.63, 3.8) is 0 Å². The summed E-state index contributed by atoms with van der Waals surface area (Å²) in [5.74, 6) is 0. The zero-order valence-electron chi connectivity index (χ0n) is 4.52. The Bertz CT molecular complexity index is 208. The Kier molecular flexibility index (Phi) is 0.573. The van der Waals surface area contributed by atoms with Gasteiger partial charge in [0.15, 0.2) is 0 Å². The van der Waals surface area contributed by atoms with E-state index in [1.807, 2.05) is 0 Å². The summed E-state index contributed by atoms with van der Waals surface area (Å²) in [6.07, 6.45) is 0. The minimum Gasteiger partial charge on any atom is -0.326 e. The van der Waals surface area contributed by atoms with Gasteiger partial charge in [-0.25, -0.2) is 0 Å². The number of fused-ring (bicyclic) bond motifs is 1. The van der Waals surface area contributed by atoms with Crippen molar-refractivity contribution in [2.24, 2.45) is 5.73 Å². The average molecular weight is 105 g/mol. The summed E-state index contributed by atoms with van der Waals surface area (Å²) in [5, 5.41) is 0. The topological polar surface area (TPSA) is 26.0 Å². The minimum absolute atomic E-state index is 0.681. The summed E-state index contributed by atoms with van der Waals surface area (Å²) in [7, 11) is 0.